The minimum Gasteiger partial charge on any atom is -0.385 e. The first-order valence-corrected chi connectivity index (χ1v) is 5.28. The third-order valence-corrected chi connectivity index (χ3v) is 2.29. The fourth-order valence-corrected chi connectivity index (χ4v) is 1.46. The molecule has 0 aliphatic rings. The summed E-state index contributed by atoms with van der Waals surface area (Å²) in [6.07, 6.45) is 2.94. The van der Waals surface area contributed by atoms with Crippen molar-refractivity contribution in [1.82, 2.24) is 5.32 Å². The number of benzene rings is 1. The fourth-order valence-electron chi connectivity index (χ4n) is 1.46. The van der Waals surface area contributed by atoms with Crippen molar-refractivity contribution < 1.29 is 4.74 Å². The van der Waals surface area contributed by atoms with Crippen LogP contribution >= 0.6 is 0 Å². The molecule has 0 aliphatic heterocycles. The van der Waals surface area contributed by atoms with Gasteiger partial charge >= 0.3 is 0 Å². The molecule has 0 radical (unpaired) electrons. The van der Waals surface area contributed by atoms with E-state index in [0.717, 1.165) is 26.1 Å². The molecule has 0 amide bonds. The van der Waals surface area contributed by atoms with Crippen molar-refractivity contribution in [3.05, 3.63) is 42.0 Å². The van der Waals surface area contributed by atoms with Crippen molar-refractivity contribution in [3.8, 4) is 0 Å². The van der Waals surface area contributed by atoms with E-state index in [9.17, 15) is 0 Å². The molecule has 1 rings (SSSR count). The molecular formula is C13H19NO. The van der Waals surface area contributed by atoms with Gasteiger partial charge in [0.05, 0.1) is 0 Å². The summed E-state index contributed by atoms with van der Waals surface area (Å²) in [5.74, 6) is 0. The van der Waals surface area contributed by atoms with Crippen molar-refractivity contribution in [3.63, 3.8) is 0 Å². The molecule has 82 valence electrons. The molecular weight excluding hydrogens is 186 g/mol. The Morgan fingerprint density at radius 2 is 2.20 bits per heavy atom. The minimum atomic E-state index is 0.816. The maximum atomic E-state index is 4.98. The van der Waals surface area contributed by atoms with E-state index < -0.39 is 0 Å². The molecule has 2 nitrogen and oxygen atoms in total. The average molecular weight is 205 g/mol. The highest BCUT2D eigenvalue weighted by Gasteiger charge is 1.96. The zero-order valence-corrected chi connectivity index (χ0v) is 9.33. The van der Waals surface area contributed by atoms with Crippen LogP contribution in [0.4, 0.5) is 0 Å². The second-order valence-electron chi connectivity index (χ2n) is 3.43. The van der Waals surface area contributed by atoms with Crippen LogP contribution in [-0.2, 0) is 11.3 Å². The molecule has 0 unspecified atom stereocenters. The molecule has 2 heteroatoms. The smallest absolute Gasteiger partial charge is 0.0474 e. The summed E-state index contributed by atoms with van der Waals surface area (Å²) in [5, 5.41) is 3.38. The molecule has 1 N–H and O–H groups in total. The summed E-state index contributed by atoms with van der Waals surface area (Å²) >= 11 is 0. The Morgan fingerprint density at radius 1 is 1.40 bits per heavy atom. The van der Waals surface area contributed by atoms with Gasteiger partial charge in [-0.2, -0.15) is 0 Å². The largest absolute Gasteiger partial charge is 0.385 e. The number of methoxy groups -OCH3 is 1. The Labute approximate surface area is 92.0 Å². The van der Waals surface area contributed by atoms with Gasteiger partial charge in [-0.15, -0.1) is 0 Å². The number of rotatable bonds is 7. The van der Waals surface area contributed by atoms with Crippen LogP contribution in [0.1, 0.15) is 17.5 Å². The van der Waals surface area contributed by atoms with Crippen molar-refractivity contribution in [2.24, 2.45) is 0 Å². The lowest BCUT2D eigenvalue weighted by molar-refractivity contribution is 0.194. The van der Waals surface area contributed by atoms with Gasteiger partial charge in [-0.1, -0.05) is 36.9 Å². The van der Waals surface area contributed by atoms with E-state index in [0.29, 0.717) is 0 Å². The average Bonchev–Trinajstić information content (AvgIpc) is 2.29. The highest BCUT2D eigenvalue weighted by molar-refractivity contribution is 5.51. The van der Waals surface area contributed by atoms with Gasteiger partial charge in [-0.05, 0) is 24.1 Å². The SMILES string of the molecule is C=Cc1ccccc1CNCCCOC. The predicted octanol–water partition coefficient (Wildman–Crippen LogP) is 2.46. The highest BCUT2D eigenvalue weighted by atomic mass is 16.5. The first kappa shape index (κ1) is 12.0. The van der Waals surface area contributed by atoms with Crippen molar-refractivity contribution in [2.75, 3.05) is 20.3 Å². The van der Waals surface area contributed by atoms with Crippen molar-refractivity contribution >= 4 is 6.08 Å². The third kappa shape index (κ3) is 4.28. The van der Waals surface area contributed by atoms with E-state index in [1.165, 1.54) is 11.1 Å². The zero-order valence-electron chi connectivity index (χ0n) is 9.33. The number of ether oxygens (including phenoxy) is 1. The van der Waals surface area contributed by atoms with Crippen LogP contribution < -0.4 is 5.32 Å². The van der Waals surface area contributed by atoms with Gasteiger partial charge in [-0.25, -0.2) is 0 Å². The molecule has 1 aromatic rings. The van der Waals surface area contributed by atoms with Gasteiger partial charge in [0, 0.05) is 20.3 Å². The van der Waals surface area contributed by atoms with Gasteiger partial charge in [0.25, 0.3) is 0 Å². The second kappa shape index (κ2) is 7.21. The van der Waals surface area contributed by atoms with E-state index in [4.69, 9.17) is 4.74 Å². The van der Waals surface area contributed by atoms with Gasteiger partial charge in [0.1, 0.15) is 0 Å². The lowest BCUT2D eigenvalue weighted by atomic mass is 10.1. The number of hydrogen-bond acceptors (Lipinski definition) is 2. The van der Waals surface area contributed by atoms with E-state index in [1.807, 2.05) is 12.1 Å². The van der Waals surface area contributed by atoms with Gasteiger partial charge in [0.15, 0.2) is 0 Å². The second-order valence-corrected chi connectivity index (χ2v) is 3.43. The summed E-state index contributed by atoms with van der Waals surface area (Å²) in [5.41, 5.74) is 2.50. The van der Waals surface area contributed by atoms with Crippen LogP contribution in [-0.4, -0.2) is 20.3 Å². The van der Waals surface area contributed by atoms with Crippen LogP contribution in [0.2, 0.25) is 0 Å². The van der Waals surface area contributed by atoms with Gasteiger partial charge in [-0.3, -0.25) is 0 Å². The lowest BCUT2D eigenvalue weighted by Gasteiger charge is -2.07. The minimum absolute atomic E-state index is 0.816. The van der Waals surface area contributed by atoms with Crippen molar-refractivity contribution in [1.29, 1.82) is 0 Å². The normalized spacial score (nSPS) is 10.2. The monoisotopic (exact) mass is 205 g/mol. The van der Waals surface area contributed by atoms with Gasteiger partial charge < -0.3 is 10.1 Å². The summed E-state index contributed by atoms with van der Waals surface area (Å²) in [6, 6.07) is 8.30. The van der Waals surface area contributed by atoms with Crippen LogP contribution in [0.25, 0.3) is 6.08 Å². The first-order chi connectivity index (χ1) is 7.38. The Bertz CT molecular complexity index is 296. The molecule has 0 bridgehead atoms. The molecule has 0 spiro atoms. The Hall–Kier alpha value is -1.12. The molecule has 0 atom stereocenters. The Morgan fingerprint density at radius 3 is 2.93 bits per heavy atom. The van der Waals surface area contributed by atoms with E-state index in [-0.39, 0.29) is 0 Å². The number of nitrogens with one attached hydrogen (secondary N) is 1. The molecule has 0 heterocycles. The van der Waals surface area contributed by atoms with Crippen LogP contribution in [0.3, 0.4) is 0 Å². The van der Waals surface area contributed by atoms with E-state index in [2.05, 4.69) is 30.1 Å². The van der Waals surface area contributed by atoms with Crippen molar-refractivity contribution in [2.45, 2.75) is 13.0 Å². The molecule has 0 saturated heterocycles. The molecule has 0 aromatic heterocycles. The first-order valence-electron chi connectivity index (χ1n) is 5.28. The standard InChI is InChI=1S/C13H19NO/c1-3-12-7-4-5-8-13(12)11-14-9-6-10-15-2/h3-5,7-8,14H,1,6,9-11H2,2H3. The van der Waals surface area contributed by atoms with E-state index >= 15 is 0 Å². The summed E-state index contributed by atoms with van der Waals surface area (Å²) < 4.78 is 4.98. The molecule has 1 aromatic carbocycles. The van der Waals surface area contributed by atoms with E-state index in [1.54, 1.807) is 7.11 Å². The summed E-state index contributed by atoms with van der Waals surface area (Å²) in [7, 11) is 1.73. The summed E-state index contributed by atoms with van der Waals surface area (Å²) in [6.45, 7) is 6.50. The number of hydrogen-bond donors (Lipinski definition) is 1. The molecule has 0 saturated carbocycles. The third-order valence-electron chi connectivity index (χ3n) is 2.29. The Balaban J connectivity index is 2.33. The molecule has 15 heavy (non-hydrogen) atoms. The summed E-state index contributed by atoms with van der Waals surface area (Å²) in [4.78, 5) is 0. The highest BCUT2D eigenvalue weighted by Crippen LogP contribution is 2.09. The molecule has 0 aliphatic carbocycles. The van der Waals surface area contributed by atoms with Crippen LogP contribution in [0.15, 0.2) is 30.8 Å². The molecule has 0 fully saturated rings. The fraction of sp³-hybridized carbons (Fsp3) is 0.385. The Kier molecular flexibility index (Phi) is 5.74. The van der Waals surface area contributed by atoms with Gasteiger partial charge in [0.2, 0.25) is 0 Å². The quantitative estimate of drug-likeness (QED) is 0.690. The van der Waals surface area contributed by atoms with Crippen LogP contribution in [0, 0.1) is 0 Å². The maximum absolute atomic E-state index is 4.98. The van der Waals surface area contributed by atoms with Crippen LogP contribution in [0.5, 0.6) is 0 Å². The topological polar surface area (TPSA) is 21.3 Å². The predicted molar refractivity (Wildman–Crippen MR) is 64.7 cm³/mol. The zero-order chi connectivity index (χ0) is 10.9. The maximum Gasteiger partial charge on any atom is 0.0474 e. The lowest BCUT2D eigenvalue weighted by Crippen LogP contribution is -2.16.